The number of hydrogen-bond acceptors (Lipinski definition) is 1. The summed E-state index contributed by atoms with van der Waals surface area (Å²) in [7, 11) is 0. The van der Waals surface area contributed by atoms with Crippen molar-refractivity contribution in [1.82, 2.24) is 0 Å². The summed E-state index contributed by atoms with van der Waals surface area (Å²) in [4.78, 5) is 12.1. The summed E-state index contributed by atoms with van der Waals surface area (Å²) < 4.78 is 27.7. The van der Waals surface area contributed by atoms with E-state index in [1.165, 1.54) is 12.1 Å². The average molecular weight is 410 g/mol. The standard InChI is InChI=1S/C13H5Br2ClF2O/c14-8-2-1-6(3-10(8)16)13(19)7-4-12(18)9(15)5-11(7)17/h1-5H. The minimum atomic E-state index is -0.794. The molecule has 2 aromatic rings. The van der Waals surface area contributed by atoms with Gasteiger partial charge >= 0.3 is 0 Å². The molecule has 0 saturated heterocycles. The van der Waals surface area contributed by atoms with Crippen molar-refractivity contribution in [2.75, 3.05) is 0 Å². The molecule has 0 fully saturated rings. The van der Waals surface area contributed by atoms with Gasteiger partial charge in [-0.2, -0.15) is 0 Å². The molecule has 19 heavy (non-hydrogen) atoms. The van der Waals surface area contributed by atoms with Crippen molar-refractivity contribution >= 4 is 49.2 Å². The molecule has 1 nitrogen and oxygen atoms in total. The maximum absolute atomic E-state index is 13.7. The molecule has 0 aliphatic rings. The summed E-state index contributed by atoms with van der Waals surface area (Å²) in [5.41, 5.74) is -0.145. The Bertz CT molecular complexity index is 674. The van der Waals surface area contributed by atoms with E-state index in [9.17, 15) is 13.6 Å². The minimum absolute atomic E-state index is 0.0320. The summed E-state index contributed by atoms with van der Waals surface area (Å²) in [6.07, 6.45) is 0. The first-order valence-corrected chi connectivity index (χ1v) is 7.01. The van der Waals surface area contributed by atoms with Crippen molar-refractivity contribution < 1.29 is 13.6 Å². The van der Waals surface area contributed by atoms with Crippen LogP contribution in [0.5, 0.6) is 0 Å². The van der Waals surface area contributed by atoms with Gasteiger partial charge in [-0.15, -0.1) is 0 Å². The van der Waals surface area contributed by atoms with Crippen LogP contribution in [-0.4, -0.2) is 5.78 Å². The van der Waals surface area contributed by atoms with Crippen LogP contribution < -0.4 is 0 Å². The van der Waals surface area contributed by atoms with Crippen LogP contribution in [0.1, 0.15) is 15.9 Å². The molecule has 0 atom stereocenters. The van der Waals surface area contributed by atoms with Gasteiger partial charge in [-0.05, 0) is 62.2 Å². The molecule has 98 valence electrons. The molecule has 0 saturated carbocycles. The van der Waals surface area contributed by atoms with Crippen molar-refractivity contribution in [3.05, 3.63) is 67.1 Å². The van der Waals surface area contributed by atoms with Crippen molar-refractivity contribution in [2.45, 2.75) is 0 Å². The molecule has 0 heterocycles. The highest BCUT2D eigenvalue weighted by atomic mass is 79.9. The van der Waals surface area contributed by atoms with Crippen LogP contribution in [0.4, 0.5) is 8.78 Å². The van der Waals surface area contributed by atoms with Gasteiger partial charge in [0.05, 0.1) is 15.1 Å². The molecular weight excluding hydrogens is 405 g/mol. The highest BCUT2D eigenvalue weighted by Crippen LogP contribution is 2.26. The van der Waals surface area contributed by atoms with E-state index in [0.717, 1.165) is 12.1 Å². The van der Waals surface area contributed by atoms with Crippen LogP contribution >= 0.6 is 43.5 Å². The van der Waals surface area contributed by atoms with Gasteiger partial charge in [0.2, 0.25) is 0 Å². The van der Waals surface area contributed by atoms with Gasteiger partial charge in [-0.25, -0.2) is 8.78 Å². The fraction of sp³-hybridized carbons (Fsp3) is 0. The van der Waals surface area contributed by atoms with Crippen LogP contribution in [0.3, 0.4) is 0 Å². The number of halogens is 5. The molecule has 6 heteroatoms. The molecule has 0 N–H and O–H groups in total. The molecule has 0 aliphatic carbocycles. The largest absolute Gasteiger partial charge is 0.288 e. The quantitative estimate of drug-likeness (QED) is 0.480. The van der Waals surface area contributed by atoms with E-state index in [4.69, 9.17) is 11.6 Å². The monoisotopic (exact) mass is 408 g/mol. The number of benzene rings is 2. The highest BCUT2D eigenvalue weighted by Gasteiger charge is 2.17. The van der Waals surface area contributed by atoms with Gasteiger partial charge in [0.1, 0.15) is 11.6 Å². The predicted octanol–water partition coefficient (Wildman–Crippen LogP) is 5.37. The second kappa shape index (κ2) is 5.69. The first-order chi connectivity index (χ1) is 8.90. The number of ketones is 1. The first kappa shape index (κ1) is 14.6. The van der Waals surface area contributed by atoms with Gasteiger partial charge in [0.25, 0.3) is 0 Å². The van der Waals surface area contributed by atoms with E-state index in [0.29, 0.717) is 9.50 Å². The van der Waals surface area contributed by atoms with Gasteiger partial charge in [0.15, 0.2) is 5.78 Å². The third-order valence-corrected chi connectivity index (χ3v) is 4.28. The average Bonchev–Trinajstić information content (AvgIpc) is 2.36. The number of carbonyl (C=O) groups is 1. The van der Waals surface area contributed by atoms with Crippen LogP contribution in [0, 0.1) is 11.6 Å². The smallest absolute Gasteiger partial charge is 0.196 e. The molecule has 0 aromatic heterocycles. The van der Waals surface area contributed by atoms with Crippen molar-refractivity contribution in [2.24, 2.45) is 0 Å². The van der Waals surface area contributed by atoms with Crippen LogP contribution in [0.15, 0.2) is 39.3 Å². The fourth-order valence-electron chi connectivity index (χ4n) is 1.49. The zero-order valence-corrected chi connectivity index (χ0v) is 13.1. The summed E-state index contributed by atoms with van der Waals surface area (Å²) >= 11 is 11.9. The molecule has 0 amide bonds. The van der Waals surface area contributed by atoms with Crippen LogP contribution in [0.25, 0.3) is 0 Å². The summed E-state index contributed by atoms with van der Waals surface area (Å²) in [5.74, 6) is -2.12. The highest BCUT2D eigenvalue weighted by molar-refractivity contribution is 9.10. The number of rotatable bonds is 2. The lowest BCUT2D eigenvalue weighted by atomic mass is 10.0. The van der Waals surface area contributed by atoms with E-state index in [1.807, 2.05) is 0 Å². The minimum Gasteiger partial charge on any atom is -0.288 e. The number of carbonyl (C=O) groups excluding carboxylic acids is 1. The normalized spacial score (nSPS) is 10.6. The molecule has 2 aromatic carbocycles. The van der Waals surface area contributed by atoms with E-state index in [-0.39, 0.29) is 15.6 Å². The number of hydrogen-bond donors (Lipinski definition) is 0. The Hall–Kier alpha value is -0.780. The Morgan fingerprint density at radius 1 is 1.00 bits per heavy atom. The van der Waals surface area contributed by atoms with E-state index < -0.39 is 17.4 Å². The van der Waals surface area contributed by atoms with Gasteiger partial charge in [-0.1, -0.05) is 11.6 Å². The summed E-state index contributed by atoms with van der Waals surface area (Å²) in [6, 6.07) is 6.23. The van der Waals surface area contributed by atoms with E-state index in [2.05, 4.69) is 31.9 Å². The molecule has 0 unspecified atom stereocenters. The summed E-state index contributed by atoms with van der Waals surface area (Å²) in [5, 5.41) is 0.323. The Kier molecular flexibility index (Phi) is 4.38. The van der Waals surface area contributed by atoms with E-state index >= 15 is 0 Å². The predicted molar refractivity (Wildman–Crippen MR) is 76.6 cm³/mol. The Morgan fingerprint density at radius 3 is 2.32 bits per heavy atom. The fourth-order valence-corrected chi connectivity index (χ4v) is 2.23. The maximum Gasteiger partial charge on any atom is 0.196 e. The molecule has 0 bridgehead atoms. The molecule has 0 radical (unpaired) electrons. The second-order valence-corrected chi connectivity index (χ2v) is 5.82. The third kappa shape index (κ3) is 3.04. The summed E-state index contributed by atoms with van der Waals surface area (Å²) in [6.45, 7) is 0. The SMILES string of the molecule is O=C(c1ccc(Br)c(Cl)c1)c1cc(F)c(Br)cc1F. The van der Waals surface area contributed by atoms with Crippen LogP contribution in [-0.2, 0) is 0 Å². The third-order valence-electron chi connectivity index (χ3n) is 2.44. The maximum atomic E-state index is 13.7. The molecule has 0 spiro atoms. The van der Waals surface area contributed by atoms with Crippen molar-refractivity contribution in [3.8, 4) is 0 Å². The Balaban J connectivity index is 2.49. The second-order valence-electron chi connectivity index (χ2n) is 3.70. The zero-order valence-electron chi connectivity index (χ0n) is 9.18. The first-order valence-electron chi connectivity index (χ1n) is 5.04. The Morgan fingerprint density at radius 2 is 1.68 bits per heavy atom. The van der Waals surface area contributed by atoms with Gasteiger partial charge in [0, 0.05) is 10.0 Å². The lowest BCUT2D eigenvalue weighted by Gasteiger charge is -2.05. The molecular formula is C13H5Br2ClF2O. The van der Waals surface area contributed by atoms with Crippen LogP contribution in [0.2, 0.25) is 5.02 Å². The zero-order chi connectivity index (χ0) is 14.2. The lowest BCUT2D eigenvalue weighted by molar-refractivity contribution is 0.103. The topological polar surface area (TPSA) is 17.1 Å². The molecule has 2 rings (SSSR count). The molecule has 0 aliphatic heterocycles. The van der Waals surface area contributed by atoms with Gasteiger partial charge < -0.3 is 0 Å². The Labute approximate surface area is 129 Å². The van der Waals surface area contributed by atoms with Gasteiger partial charge in [-0.3, -0.25) is 4.79 Å². The lowest BCUT2D eigenvalue weighted by Crippen LogP contribution is -2.05. The van der Waals surface area contributed by atoms with E-state index in [1.54, 1.807) is 6.07 Å². The van der Waals surface area contributed by atoms with Crippen molar-refractivity contribution in [3.63, 3.8) is 0 Å². The van der Waals surface area contributed by atoms with Crippen molar-refractivity contribution in [1.29, 1.82) is 0 Å².